The van der Waals surface area contributed by atoms with Crippen molar-refractivity contribution in [3.8, 4) is 0 Å². The summed E-state index contributed by atoms with van der Waals surface area (Å²) in [6.07, 6.45) is 2.90. The van der Waals surface area contributed by atoms with E-state index in [0.29, 0.717) is 39.2 Å². The maximum atomic E-state index is 13.8. The first-order valence-electron chi connectivity index (χ1n) is 11.4. The van der Waals surface area contributed by atoms with Crippen molar-refractivity contribution in [2.75, 3.05) is 11.1 Å². The Morgan fingerprint density at radius 3 is 2.83 bits per heavy atom. The van der Waals surface area contributed by atoms with Crippen molar-refractivity contribution in [1.82, 2.24) is 29.4 Å². The molecule has 4 aromatic heterocycles. The van der Waals surface area contributed by atoms with Gasteiger partial charge in [0.1, 0.15) is 46.3 Å². The molecule has 1 aliphatic heterocycles. The van der Waals surface area contributed by atoms with Gasteiger partial charge >= 0.3 is 0 Å². The third kappa shape index (κ3) is 3.53. The number of aromatic nitrogens is 5. The van der Waals surface area contributed by atoms with Crippen LogP contribution in [0, 0.1) is 12.3 Å². The van der Waals surface area contributed by atoms with Crippen molar-refractivity contribution in [2.24, 2.45) is 5.41 Å². The number of aryl methyl sites for hydroxylation is 1. The number of fused-ring (bicyclic) bond motifs is 4. The number of nitrogens with two attached hydrogens (primary N) is 1. The summed E-state index contributed by atoms with van der Waals surface area (Å²) in [5.74, 6) is 0.385. The summed E-state index contributed by atoms with van der Waals surface area (Å²) >= 11 is 3.32. The number of hydrogen-bond acceptors (Lipinski definition) is 7. The van der Waals surface area contributed by atoms with Gasteiger partial charge in [0.05, 0.1) is 10.9 Å². The fraction of sp³-hybridized carbons (Fsp3) is 0.333. The number of nitrogens with one attached hydrogen (secondary N) is 1. The van der Waals surface area contributed by atoms with Crippen LogP contribution >= 0.6 is 15.9 Å². The van der Waals surface area contributed by atoms with Gasteiger partial charge in [-0.1, -0.05) is 13.0 Å². The van der Waals surface area contributed by atoms with Crippen LogP contribution < -0.4 is 11.1 Å². The van der Waals surface area contributed by atoms with Crippen molar-refractivity contribution in [2.45, 2.75) is 45.3 Å². The number of carbonyl (C=O) groups is 2. The number of piperidine rings is 1. The largest absolute Gasteiger partial charge is 0.383 e. The average molecular weight is 535 g/mol. The van der Waals surface area contributed by atoms with Gasteiger partial charge in [-0.15, -0.1) is 0 Å². The van der Waals surface area contributed by atoms with Crippen LogP contribution in [0.4, 0.5) is 11.6 Å². The van der Waals surface area contributed by atoms with E-state index in [1.807, 2.05) is 23.6 Å². The number of nitrogens with zero attached hydrogens (tertiary/aromatic N) is 6. The fourth-order valence-corrected chi connectivity index (χ4v) is 5.65. The molecule has 0 unspecified atom stereocenters. The van der Waals surface area contributed by atoms with Crippen LogP contribution in [0.1, 0.15) is 25.5 Å². The summed E-state index contributed by atoms with van der Waals surface area (Å²) in [6.45, 7) is 4.05. The second-order valence-corrected chi connectivity index (χ2v) is 10.4. The molecule has 0 aromatic carbocycles. The van der Waals surface area contributed by atoms with E-state index in [1.165, 1.54) is 6.33 Å². The summed E-state index contributed by atoms with van der Waals surface area (Å²) in [4.78, 5) is 46.2. The van der Waals surface area contributed by atoms with Gasteiger partial charge in [-0.25, -0.2) is 15.0 Å². The molecule has 5 heterocycles. The predicted molar refractivity (Wildman–Crippen MR) is 134 cm³/mol. The second kappa shape index (κ2) is 7.70. The maximum absolute atomic E-state index is 13.8. The number of nitrogen functional groups attached to an aromatic ring is 1. The lowest BCUT2D eigenvalue weighted by molar-refractivity contribution is -0.138. The monoisotopic (exact) mass is 534 g/mol. The van der Waals surface area contributed by atoms with E-state index in [4.69, 9.17) is 5.73 Å². The number of halogens is 1. The molecule has 1 aliphatic carbocycles. The van der Waals surface area contributed by atoms with E-state index in [0.717, 1.165) is 17.6 Å². The Hall–Kier alpha value is -3.60. The lowest BCUT2D eigenvalue weighted by Gasteiger charge is -2.27. The van der Waals surface area contributed by atoms with Crippen molar-refractivity contribution in [3.05, 3.63) is 47.0 Å². The van der Waals surface area contributed by atoms with E-state index in [1.54, 1.807) is 23.1 Å². The molecule has 0 bridgehead atoms. The van der Waals surface area contributed by atoms with E-state index < -0.39 is 6.04 Å². The molecule has 0 spiro atoms. The molecule has 1 saturated carbocycles. The topological polar surface area (TPSA) is 132 Å². The van der Waals surface area contributed by atoms with Gasteiger partial charge in [0.15, 0.2) is 0 Å². The minimum Gasteiger partial charge on any atom is -0.383 e. The van der Waals surface area contributed by atoms with Gasteiger partial charge in [0.25, 0.3) is 0 Å². The van der Waals surface area contributed by atoms with E-state index in [2.05, 4.69) is 48.1 Å². The number of hydrogen-bond donors (Lipinski definition) is 2. The number of anilines is 2. The third-order valence-electron chi connectivity index (χ3n) is 7.14. The Kier molecular flexibility index (Phi) is 4.82. The number of amides is 2. The standard InChI is InChI=1S/C24H23BrN8O2/c1-12-6-7-13-20(29-12)19-21(26)27-11-28-22(19)32(13)10-18(34)33-14(8-24(2)9-15(24)33)23(35)31-17-5-3-4-16(25)30-17/h3-7,11,14-15H,8-10H2,1-2H3,(H2,26,27,28)(H,30,31,35)/t14-,15+,24-/m0/s1. The van der Waals surface area contributed by atoms with E-state index in [-0.39, 0.29) is 29.8 Å². The van der Waals surface area contributed by atoms with Crippen LogP contribution in [0.2, 0.25) is 0 Å². The summed E-state index contributed by atoms with van der Waals surface area (Å²) in [5, 5.41) is 3.50. The molecule has 6 rings (SSSR count). The number of pyridine rings is 2. The third-order valence-corrected chi connectivity index (χ3v) is 7.58. The van der Waals surface area contributed by atoms with Crippen LogP contribution in [0.25, 0.3) is 22.1 Å². The second-order valence-electron chi connectivity index (χ2n) is 9.59. The first-order chi connectivity index (χ1) is 16.7. The van der Waals surface area contributed by atoms with Gasteiger partial charge < -0.3 is 20.5 Å². The minimum atomic E-state index is -0.569. The number of likely N-dealkylation sites (tertiary alicyclic amines) is 1. The molecule has 3 N–H and O–H groups in total. The van der Waals surface area contributed by atoms with Gasteiger partial charge in [0.2, 0.25) is 11.8 Å². The summed E-state index contributed by atoms with van der Waals surface area (Å²) < 4.78 is 2.45. The van der Waals surface area contributed by atoms with Gasteiger partial charge in [-0.2, -0.15) is 0 Å². The van der Waals surface area contributed by atoms with Gasteiger partial charge in [-0.3, -0.25) is 14.6 Å². The van der Waals surface area contributed by atoms with Crippen molar-refractivity contribution < 1.29 is 9.59 Å². The number of carbonyl (C=O) groups excluding carboxylic acids is 2. The Bertz CT molecular complexity index is 1540. The number of rotatable bonds is 4. The first-order valence-corrected chi connectivity index (χ1v) is 12.1. The lowest BCUT2D eigenvalue weighted by Crippen LogP contribution is -2.46. The highest BCUT2D eigenvalue weighted by atomic mass is 79.9. The molecule has 11 heteroatoms. The van der Waals surface area contributed by atoms with Gasteiger partial charge in [0, 0.05) is 11.7 Å². The normalized spacial score (nSPS) is 23.0. The molecule has 4 aromatic rings. The Morgan fingerprint density at radius 2 is 2.03 bits per heavy atom. The molecule has 178 valence electrons. The fourth-order valence-electron chi connectivity index (χ4n) is 5.31. The molecular formula is C24H23BrN8O2. The summed E-state index contributed by atoms with van der Waals surface area (Å²) in [6, 6.07) is 8.59. The van der Waals surface area contributed by atoms with E-state index in [9.17, 15) is 9.59 Å². The quantitative estimate of drug-likeness (QED) is 0.384. The highest BCUT2D eigenvalue weighted by Crippen LogP contribution is 2.59. The van der Waals surface area contributed by atoms with Crippen molar-refractivity contribution in [1.29, 1.82) is 0 Å². The van der Waals surface area contributed by atoms with Crippen LogP contribution in [-0.2, 0) is 16.1 Å². The molecule has 2 amide bonds. The maximum Gasteiger partial charge on any atom is 0.248 e. The van der Waals surface area contributed by atoms with Crippen LogP contribution in [0.3, 0.4) is 0 Å². The van der Waals surface area contributed by atoms with Crippen LogP contribution in [0.15, 0.2) is 41.3 Å². The van der Waals surface area contributed by atoms with Gasteiger partial charge in [-0.05, 0) is 65.4 Å². The lowest BCUT2D eigenvalue weighted by atomic mass is 10.0. The molecule has 35 heavy (non-hydrogen) atoms. The highest BCUT2D eigenvalue weighted by Gasteiger charge is 2.64. The molecule has 2 aliphatic rings. The zero-order valence-electron chi connectivity index (χ0n) is 19.2. The minimum absolute atomic E-state index is 0.0205. The molecule has 2 fully saturated rings. The summed E-state index contributed by atoms with van der Waals surface area (Å²) in [7, 11) is 0. The van der Waals surface area contributed by atoms with E-state index >= 15 is 0 Å². The Labute approximate surface area is 209 Å². The first kappa shape index (κ1) is 21.9. The van der Waals surface area contributed by atoms with Crippen molar-refractivity contribution in [3.63, 3.8) is 0 Å². The summed E-state index contributed by atoms with van der Waals surface area (Å²) in [5.41, 5.74) is 8.92. The van der Waals surface area contributed by atoms with Crippen LogP contribution in [0.5, 0.6) is 0 Å². The Morgan fingerprint density at radius 1 is 1.20 bits per heavy atom. The van der Waals surface area contributed by atoms with Crippen LogP contribution in [-0.4, -0.2) is 53.3 Å². The molecule has 0 radical (unpaired) electrons. The van der Waals surface area contributed by atoms with Crippen molar-refractivity contribution >= 4 is 61.4 Å². The molecule has 10 nitrogen and oxygen atoms in total. The highest BCUT2D eigenvalue weighted by molar-refractivity contribution is 9.10. The zero-order valence-corrected chi connectivity index (χ0v) is 20.8. The molecular weight excluding hydrogens is 512 g/mol. The predicted octanol–water partition coefficient (Wildman–Crippen LogP) is 3.05. The smallest absolute Gasteiger partial charge is 0.248 e. The molecule has 3 atom stereocenters. The SMILES string of the molecule is Cc1ccc2c(n1)c1c(N)ncnc1n2CC(=O)N1[C@H](C(=O)Nc2cccc(Br)n2)C[C@@]2(C)C[C@@H]12. The zero-order chi connectivity index (χ0) is 24.5. The molecule has 1 saturated heterocycles. The Balaban J connectivity index is 1.34. The average Bonchev–Trinajstić information content (AvgIpc) is 3.22.